The van der Waals surface area contributed by atoms with E-state index < -0.39 is 22.0 Å². The Bertz CT molecular complexity index is 657. The molecule has 0 amide bonds. The van der Waals surface area contributed by atoms with Gasteiger partial charge in [-0.2, -0.15) is 4.31 Å². The van der Waals surface area contributed by atoms with Gasteiger partial charge >= 0.3 is 5.97 Å². The third-order valence-electron chi connectivity index (χ3n) is 3.49. The van der Waals surface area contributed by atoms with Gasteiger partial charge in [-0.05, 0) is 24.6 Å². The zero-order chi connectivity index (χ0) is 16.3. The predicted octanol–water partition coefficient (Wildman–Crippen LogP) is 0.868. The number of methoxy groups -OCH3 is 1. The third kappa shape index (κ3) is 3.40. The fraction of sp³-hybridized carbons (Fsp3) is 0.500. The molecule has 1 N–H and O–H groups in total. The van der Waals surface area contributed by atoms with E-state index in [0.29, 0.717) is 0 Å². The number of morpholine rings is 1. The van der Waals surface area contributed by atoms with Crippen LogP contribution in [0.2, 0.25) is 0 Å². The van der Waals surface area contributed by atoms with E-state index in [0.717, 1.165) is 5.56 Å². The number of rotatable bonds is 5. The normalized spacial score (nSPS) is 19.8. The summed E-state index contributed by atoms with van der Waals surface area (Å²) in [4.78, 5) is 11.0. The number of carboxylic acids is 1. The highest BCUT2D eigenvalue weighted by atomic mass is 32.2. The van der Waals surface area contributed by atoms with Gasteiger partial charge in [0.05, 0.1) is 32.8 Å². The number of aliphatic carboxylic acids is 1. The second-order valence-electron chi connectivity index (χ2n) is 5.10. The van der Waals surface area contributed by atoms with Crippen molar-refractivity contribution in [2.45, 2.75) is 24.3 Å². The van der Waals surface area contributed by atoms with E-state index in [1.54, 1.807) is 19.1 Å². The quantitative estimate of drug-likeness (QED) is 0.861. The number of aryl methyl sites for hydroxylation is 1. The summed E-state index contributed by atoms with van der Waals surface area (Å²) in [6.07, 6.45) is -0.298. The van der Waals surface area contributed by atoms with E-state index in [1.165, 1.54) is 17.5 Å². The van der Waals surface area contributed by atoms with Gasteiger partial charge in [0, 0.05) is 6.54 Å². The molecule has 0 aliphatic carbocycles. The number of carbonyl (C=O) groups is 1. The lowest BCUT2D eigenvalue weighted by Gasteiger charge is -2.34. The molecule has 1 aromatic carbocycles. The van der Waals surface area contributed by atoms with Gasteiger partial charge in [0.2, 0.25) is 10.0 Å². The Morgan fingerprint density at radius 3 is 2.86 bits per heavy atom. The molecule has 1 aliphatic rings. The Labute approximate surface area is 129 Å². The first kappa shape index (κ1) is 16.7. The molecule has 0 bridgehead atoms. The molecule has 1 unspecified atom stereocenters. The highest BCUT2D eigenvalue weighted by Gasteiger charge is 2.36. The lowest BCUT2D eigenvalue weighted by Crippen LogP contribution is -2.49. The second-order valence-corrected chi connectivity index (χ2v) is 6.96. The summed E-state index contributed by atoms with van der Waals surface area (Å²) in [6.45, 7) is 2.22. The van der Waals surface area contributed by atoms with Gasteiger partial charge in [0.25, 0.3) is 0 Å². The molecule has 1 heterocycles. The average molecular weight is 329 g/mol. The zero-order valence-electron chi connectivity index (χ0n) is 12.5. The van der Waals surface area contributed by atoms with Gasteiger partial charge in [-0.1, -0.05) is 6.07 Å². The highest BCUT2D eigenvalue weighted by molar-refractivity contribution is 7.89. The Hall–Kier alpha value is -1.64. The summed E-state index contributed by atoms with van der Waals surface area (Å²) in [6, 6.07) is 4.16. The van der Waals surface area contributed by atoms with Crippen molar-refractivity contribution in [1.29, 1.82) is 0 Å². The maximum Gasteiger partial charge on any atom is 0.305 e. The molecular weight excluding hydrogens is 310 g/mol. The molecule has 1 aromatic rings. The predicted molar refractivity (Wildman–Crippen MR) is 78.5 cm³/mol. The number of carboxylic acid groups (broad SMARTS) is 1. The van der Waals surface area contributed by atoms with Crippen molar-refractivity contribution in [1.82, 2.24) is 4.31 Å². The van der Waals surface area contributed by atoms with Crippen molar-refractivity contribution in [2.24, 2.45) is 0 Å². The minimum Gasteiger partial charge on any atom is -0.495 e. The van der Waals surface area contributed by atoms with Crippen LogP contribution < -0.4 is 4.74 Å². The molecule has 0 spiro atoms. The molecule has 22 heavy (non-hydrogen) atoms. The highest BCUT2D eigenvalue weighted by Crippen LogP contribution is 2.30. The lowest BCUT2D eigenvalue weighted by molar-refractivity contribution is -0.139. The summed E-state index contributed by atoms with van der Waals surface area (Å²) >= 11 is 0. The van der Waals surface area contributed by atoms with Gasteiger partial charge < -0.3 is 14.6 Å². The van der Waals surface area contributed by atoms with Crippen molar-refractivity contribution in [3.63, 3.8) is 0 Å². The minimum atomic E-state index is -3.86. The van der Waals surface area contributed by atoms with E-state index in [9.17, 15) is 13.2 Å². The van der Waals surface area contributed by atoms with E-state index in [2.05, 4.69) is 0 Å². The smallest absolute Gasteiger partial charge is 0.305 e. The van der Waals surface area contributed by atoms with Crippen molar-refractivity contribution in [3.05, 3.63) is 23.8 Å². The number of hydrogen-bond donors (Lipinski definition) is 1. The maximum absolute atomic E-state index is 12.9. The van der Waals surface area contributed by atoms with Crippen LogP contribution in [0.1, 0.15) is 12.0 Å². The number of nitrogens with zero attached hydrogens (tertiary/aromatic N) is 1. The minimum absolute atomic E-state index is 0.0484. The van der Waals surface area contributed by atoms with Crippen molar-refractivity contribution in [3.8, 4) is 5.75 Å². The van der Waals surface area contributed by atoms with Crippen LogP contribution in [0.5, 0.6) is 5.75 Å². The summed E-state index contributed by atoms with van der Waals surface area (Å²) in [7, 11) is -2.46. The van der Waals surface area contributed by atoms with Crippen LogP contribution in [0.25, 0.3) is 0 Å². The van der Waals surface area contributed by atoms with Crippen molar-refractivity contribution < 1.29 is 27.8 Å². The average Bonchev–Trinajstić information content (AvgIpc) is 2.47. The van der Waals surface area contributed by atoms with Crippen molar-refractivity contribution in [2.75, 3.05) is 26.9 Å². The van der Waals surface area contributed by atoms with Gasteiger partial charge in [0.1, 0.15) is 10.6 Å². The molecule has 0 saturated carbocycles. The molecule has 1 aliphatic heterocycles. The maximum atomic E-state index is 12.9. The first-order chi connectivity index (χ1) is 10.4. The van der Waals surface area contributed by atoms with Crippen LogP contribution in [0.3, 0.4) is 0 Å². The van der Waals surface area contributed by atoms with Gasteiger partial charge in [-0.3, -0.25) is 4.79 Å². The molecule has 122 valence electrons. The standard InChI is InChI=1S/C14H19NO6S/c1-10-3-4-12(20-2)13(7-10)22(18,19)15-5-6-21-9-11(15)8-14(16)17/h3-4,7,11H,5-6,8-9H2,1-2H3,(H,16,17). The first-order valence-electron chi connectivity index (χ1n) is 6.82. The first-order valence-corrected chi connectivity index (χ1v) is 8.26. The Balaban J connectivity index is 2.43. The number of ether oxygens (including phenoxy) is 2. The zero-order valence-corrected chi connectivity index (χ0v) is 13.3. The molecule has 1 fully saturated rings. The fourth-order valence-electron chi connectivity index (χ4n) is 2.43. The number of benzene rings is 1. The van der Waals surface area contributed by atoms with Crippen LogP contribution in [-0.2, 0) is 19.6 Å². The van der Waals surface area contributed by atoms with E-state index in [1.807, 2.05) is 0 Å². The molecule has 0 radical (unpaired) electrons. The van der Waals surface area contributed by atoms with Crippen LogP contribution in [0.15, 0.2) is 23.1 Å². The summed E-state index contributed by atoms with van der Waals surface area (Å²) in [5.74, 6) is -0.821. The van der Waals surface area contributed by atoms with Gasteiger partial charge in [0.15, 0.2) is 0 Å². The summed E-state index contributed by atoms with van der Waals surface area (Å²) in [5.41, 5.74) is 0.780. The Morgan fingerprint density at radius 1 is 1.50 bits per heavy atom. The molecule has 7 nitrogen and oxygen atoms in total. The van der Waals surface area contributed by atoms with Crippen LogP contribution in [0.4, 0.5) is 0 Å². The largest absolute Gasteiger partial charge is 0.495 e. The Morgan fingerprint density at radius 2 is 2.23 bits per heavy atom. The molecule has 1 saturated heterocycles. The molecule has 2 rings (SSSR count). The van der Waals surface area contributed by atoms with Crippen molar-refractivity contribution >= 4 is 16.0 Å². The fourth-order valence-corrected chi connectivity index (χ4v) is 4.27. The van der Waals surface area contributed by atoms with E-state index in [-0.39, 0.29) is 36.8 Å². The molecule has 0 aromatic heterocycles. The topological polar surface area (TPSA) is 93.1 Å². The Kier molecular flexibility index (Phi) is 5.05. The van der Waals surface area contributed by atoms with E-state index >= 15 is 0 Å². The third-order valence-corrected chi connectivity index (χ3v) is 5.46. The second kappa shape index (κ2) is 6.64. The van der Waals surface area contributed by atoms with Gasteiger partial charge in [-0.15, -0.1) is 0 Å². The summed E-state index contributed by atoms with van der Waals surface area (Å²) in [5, 5.41) is 8.96. The van der Waals surface area contributed by atoms with Crippen LogP contribution >= 0.6 is 0 Å². The van der Waals surface area contributed by atoms with Crippen LogP contribution in [0, 0.1) is 6.92 Å². The molecular formula is C14H19NO6S. The summed E-state index contributed by atoms with van der Waals surface area (Å²) < 4.78 is 37.4. The SMILES string of the molecule is COc1ccc(C)cc1S(=O)(=O)N1CCOCC1CC(=O)O. The lowest BCUT2D eigenvalue weighted by atomic mass is 10.2. The molecule has 8 heteroatoms. The van der Waals surface area contributed by atoms with Crippen LogP contribution in [-0.4, -0.2) is 56.7 Å². The monoisotopic (exact) mass is 329 g/mol. The van der Waals surface area contributed by atoms with E-state index in [4.69, 9.17) is 14.6 Å². The van der Waals surface area contributed by atoms with Gasteiger partial charge in [-0.25, -0.2) is 8.42 Å². The number of sulfonamides is 1. The molecule has 1 atom stereocenters. The number of hydrogen-bond acceptors (Lipinski definition) is 5.